The van der Waals surface area contributed by atoms with E-state index in [9.17, 15) is 9.18 Å². The first-order chi connectivity index (χ1) is 7.43. The van der Waals surface area contributed by atoms with Crippen LogP contribution in [0.25, 0.3) is 0 Å². The number of nitrogens with zero attached hydrogens (tertiary/aromatic N) is 1. The number of carbonyl (C=O) groups is 1. The molecule has 1 aromatic carbocycles. The third-order valence-electron chi connectivity index (χ3n) is 2.55. The quantitative estimate of drug-likeness (QED) is 0.906. The summed E-state index contributed by atoms with van der Waals surface area (Å²) in [6.45, 7) is 3.78. The number of anilines is 1. The van der Waals surface area contributed by atoms with Crippen molar-refractivity contribution in [1.29, 1.82) is 0 Å². The average molecular weight is 261 g/mol. The first kappa shape index (κ1) is 15.9. The van der Waals surface area contributed by atoms with Crippen LogP contribution in [0.15, 0.2) is 24.3 Å². The Hall–Kier alpha value is -1.13. The summed E-state index contributed by atoms with van der Waals surface area (Å²) in [7, 11) is 1.64. The molecule has 0 aliphatic carbocycles. The Morgan fingerprint density at radius 1 is 1.29 bits per heavy atom. The van der Waals surface area contributed by atoms with Crippen LogP contribution in [0, 0.1) is 11.7 Å². The lowest BCUT2D eigenvalue weighted by Gasteiger charge is -2.23. The van der Waals surface area contributed by atoms with Gasteiger partial charge in [0.25, 0.3) is 0 Å². The van der Waals surface area contributed by atoms with Gasteiger partial charge in [-0.1, -0.05) is 13.8 Å². The zero-order valence-electron chi connectivity index (χ0n) is 10.2. The molecule has 0 aliphatic rings. The lowest BCUT2D eigenvalue weighted by atomic mass is 10.0. The fraction of sp³-hybridized carbons (Fsp3) is 0.417. The molecule has 0 spiro atoms. The van der Waals surface area contributed by atoms with E-state index in [1.807, 2.05) is 13.8 Å². The highest BCUT2D eigenvalue weighted by Crippen LogP contribution is 2.15. The topological polar surface area (TPSA) is 46.3 Å². The van der Waals surface area contributed by atoms with E-state index in [-0.39, 0.29) is 30.0 Å². The van der Waals surface area contributed by atoms with Crippen LogP contribution in [0.5, 0.6) is 0 Å². The monoisotopic (exact) mass is 260 g/mol. The SMILES string of the molecule is CC(C)C(N)C(=O)N(C)c1ccc(F)cc1.Cl. The van der Waals surface area contributed by atoms with E-state index in [0.29, 0.717) is 5.69 Å². The van der Waals surface area contributed by atoms with E-state index >= 15 is 0 Å². The number of halogens is 2. The minimum Gasteiger partial charge on any atom is -0.320 e. The van der Waals surface area contributed by atoms with E-state index in [1.54, 1.807) is 19.2 Å². The number of amides is 1. The molecule has 5 heteroatoms. The zero-order chi connectivity index (χ0) is 12.3. The van der Waals surface area contributed by atoms with Gasteiger partial charge < -0.3 is 10.6 Å². The van der Waals surface area contributed by atoms with Crippen molar-refractivity contribution in [2.24, 2.45) is 11.7 Å². The number of rotatable bonds is 3. The van der Waals surface area contributed by atoms with E-state index < -0.39 is 6.04 Å². The van der Waals surface area contributed by atoms with Crippen LogP contribution in [-0.4, -0.2) is 19.0 Å². The van der Waals surface area contributed by atoms with Gasteiger partial charge in [-0.25, -0.2) is 4.39 Å². The molecule has 1 amide bonds. The Morgan fingerprint density at radius 2 is 1.76 bits per heavy atom. The summed E-state index contributed by atoms with van der Waals surface area (Å²) in [5.74, 6) is -0.408. The predicted molar refractivity (Wildman–Crippen MR) is 69.9 cm³/mol. The largest absolute Gasteiger partial charge is 0.320 e. The molecule has 0 bridgehead atoms. The predicted octanol–water partition coefficient (Wildman–Crippen LogP) is 2.19. The standard InChI is InChI=1S/C12H17FN2O.ClH/c1-8(2)11(14)12(16)15(3)10-6-4-9(13)5-7-10;/h4-8,11H,14H2,1-3H3;1H. The maximum Gasteiger partial charge on any atom is 0.243 e. The second-order valence-electron chi connectivity index (χ2n) is 4.14. The van der Waals surface area contributed by atoms with Gasteiger partial charge in [-0.15, -0.1) is 12.4 Å². The molecule has 0 aromatic heterocycles. The molecule has 1 rings (SSSR count). The minimum absolute atomic E-state index is 0. The Kier molecular flexibility index (Phi) is 6.13. The van der Waals surface area contributed by atoms with E-state index in [4.69, 9.17) is 5.73 Å². The van der Waals surface area contributed by atoms with Crippen LogP contribution in [0.4, 0.5) is 10.1 Å². The number of likely N-dealkylation sites (N-methyl/N-ethyl adjacent to an activating group) is 1. The van der Waals surface area contributed by atoms with Crippen LogP contribution in [0.2, 0.25) is 0 Å². The summed E-state index contributed by atoms with van der Waals surface area (Å²) in [4.78, 5) is 13.3. The third-order valence-corrected chi connectivity index (χ3v) is 2.55. The van der Waals surface area contributed by atoms with Crippen molar-refractivity contribution >= 4 is 24.0 Å². The number of benzene rings is 1. The maximum atomic E-state index is 12.7. The number of carbonyl (C=O) groups excluding carboxylic acids is 1. The molecule has 0 aliphatic heterocycles. The third kappa shape index (κ3) is 3.98. The van der Waals surface area contributed by atoms with Gasteiger partial charge >= 0.3 is 0 Å². The van der Waals surface area contributed by atoms with Crippen molar-refractivity contribution in [3.05, 3.63) is 30.1 Å². The number of hydrogen-bond donors (Lipinski definition) is 1. The van der Waals surface area contributed by atoms with Gasteiger partial charge in [0.2, 0.25) is 5.91 Å². The van der Waals surface area contributed by atoms with Crippen molar-refractivity contribution in [2.75, 3.05) is 11.9 Å². The summed E-state index contributed by atoms with van der Waals surface area (Å²) >= 11 is 0. The van der Waals surface area contributed by atoms with Gasteiger partial charge in [-0.2, -0.15) is 0 Å². The van der Waals surface area contributed by atoms with E-state index in [1.165, 1.54) is 17.0 Å². The smallest absolute Gasteiger partial charge is 0.243 e. The molecule has 0 fully saturated rings. The van der Waals surface area contributed by atoms with Gasteiger partial charge in [-0.3, -0.25) is 4.79 Å². The number of hydrogen-bond acceptors (Lipinski definition) is 2. The van der Waals surface area contributed by atoms with Crippen molar-refractivity contribution in [2.45, 2.75) is 19.9 Å². The lowest BCUT2D eigenvalue weighted by Crippen LogP contribution is -2.45. The highest BCUT2D eigenvalue weighted by Gasteiger charge is 2.21. The molecule has 0 heterocycles. The van der Waals surface area contributed by atoms with Crippen LogP contribution in [-0.2, 0) is 4.79 Å². The van der Waals surface area contributed by atoms with E-state index in [0.717, 1.165) is 0 Å². The summed E-state index contributed by atoms with van der Waals surface area (Å²) in [5, 5.41) is 0. The van der Waals surface area contributed by atoms with Crippen molar-refractivity contribution in [1.82, 2.24) is 0 Å². The molecule has 96 valence electrons. The fourth-order valence-corrected chi connectivity index (χ4v) is 1.30. The van der Waals surface area contributed by atoms with Crippen LogP contribution >= 0.6 is 12.4 Å². The van der Waals surface area contributed by atoms with Crippen molar-refractivity contribution in [3.8, 4) is 0 Å². The Balaban J connectivity index is 0.00000256. The molecule has 1 aromatic rings. The Bertz CT molecular complexity index is 367. The summed E-state index contributed by atoms with van der Waals surface area (Å²) < 4.78 is 12.7. The number of nitrogens with two attached hydrogens (primary N) is 1. The lowest BCUT2D eigenvalue weighted by molar-refractivity contribution is -0.120. The Morgan fingerprint density at radius 3 is 2.18 bits per heavy atom. The summed E-state index contributed by atoms with van der Waals surface area (Å²) in [5.41, 5.74) is 6.40. The molecule has 1 unspecified atom stereocenters. The van der Waals surface area contributed by atoms with Crippen molar-refractivity contribution in [3.63, 3.8) is 0 Å². The second-order valence-corrected chi connectivity index (χ2v) is 4.14. The van der Waals surface area contributed by atoms with Crippen LogP contribution in [0.3, 0.4) is 0 Å². The van der Waals surface area contributed by atoms with Gasteiger partial charge in [-0.05, 0) is 30.2 Å². The Labute approximate surface area is 107 Å². The molecule has 3 nitrogen and oxygen atoms in total. The summed E-state index contributed by atoms with van der Waals surface area (Å²) in [6.07, 6.45) is 0. The molecular weight excluding hydrogens is 243 g/mol. The first-order valence-electron chi connectivity index (χ1n) is 5.22. The zero-order valence-corrected chi connectivity index (χ0v) is 11.0. The first-order valence-corrected chi connectivity index (χ1v) is 5.22. The molecular formula is C12H18ClFN2O. The van der Waals surface area contributed by atoms with Gasteiger partial charge in [0, 0.05) is 12.7 Å². The van der Waals surface area contributed by atoms with Gasteiger partial charge in [0.1, 0.15) is 5.82 Å². The molecule has 0 saturated carbocycles. The average Bonchev–Trinajstić information content (AvgIpc) is 2.27. The normalized spacial score (nSPS) is 11.9. The maximum absolute atomic E-state index is 12.7. The molecule has 17 heavy (non-hydrogen) atoms. The molecule has 2 N–H and O–H groups in total. The summed E-state index contributed by atoms with van der Waals surface area (Å²) in [6, 6.07) is 5.22. The minimum atomic E-state index is -0.532. The van der Waals surface area contributed by atoms with Crippen LogP contribution < -0.4 is 10.6 Å². The molecule has 1 atom stereocenters. The molecule has 0 radical (unpaired) electrons. The van der Waals surface area contributed by atoms with E-state index in [2.05, 4.69) is 0 Å². The van der Waals surface area contributed by atoms with Gasteiger partial charge in [0.15, 0.2) is 0 Å². The van der Waals surface area contributed by atoms with Crippen LogP contribution in [0.1, 0.15) is 13.8 Å². The highest BCUT2D eigenvalue weighted by molar-refractivity contribution is 5.96. The fourth-order valence-electron chi connectivity index (χ4n) is 1.30. The molecule has 0 saturated heterocycles. The van der Waals surface area contributed by atoms with Crippen molar-refractivity contribution < 1.29 is 9.18 Å². The van der Waals surface area contributed by atoms with Gasteiger partial charge in [0.05, 0.1) is 6.04 Å². The second kappa shape index (κ2) is 6.57. The highest BCUT2D eigenvalue weighted by atomic mass is 35.5.